The second-order valence-corrected chi connectivity index (χ2v) is 3.86. The first-order valence-corrected chi connectivity index (χ1v) is 4.49. The van der Waals surface area contributed by atoms with E-state index in [1.165, 1.54) is 25.0 Å². The van der Waals surface area contributed by atoms with Crippen LogP contribution in [-0.2, 0) is 12.0 Å². The van der Waals surface area contributed by atoms with Crippen molar-refractivity contribution >= 4 is 0 Å². The van der Waals surface area contributed by atoms with E-state index >= 15 is 0 Å². The number of hydrogen-bond donors (Lipinski definition) is 2. The maximum atomic E-state index is 5.47. The molecule has 1 aromatic heterocycles. The Hall–Kier alpha value is -0.830. The maximum Gasteiger partial charge on any atom is 0.120 e. The van der Waals surface area contributed by atoms with E-state index in [-0.39, 0.29) is 0 Å². The van der Waals surface area contributed by atoms with E-state index in [0.29, 0.717) is 12.0 Å². The first-order chi connectivity index (χ1) is 5.74. The van der Waals surface area contributed by atoms with Crippen LogP contribution in [0.15, 0.2) is 6.20 Å². The van der Waals surface area contributed by atoms with Gasteiger partial charge in [0.1, 0.15) is 5.82 Å². The van der Waals surface area contributed by atoms with Crippen LogP contribution in [-0.4, -0.2) is 9.97 Å². The van der Waals surface area contributed by atoms with Crippen molar-refractivity contribution in [1.82, 2.24) is 9.97 Å². The van der Waals surface area contributed by atoms with Crippen LogP contribution in [0.2, 0.25) is 0 Å². The highest BCUT2D eigenvalue weighted by molar-refractivity contribution is 5.17. The van der Waals surface area contributed by atoms with Crippen LogP contribution in [0.3, 0.4) is 0 Å². The predicted molar refractivity (Wildman–Crippen MR) is 47.7 cm³/mol. The van der Waals surface area contributed by atoms with E-state index in [2.05, 4.69) is 16.9 Å². The fourth-order valence-corrected chi connectivity index (χ4v) is 1.75. The fourth-order valence-electron chi connectivity index (χ4n) is 1.75. The molecule has 3 N–H and O–H groups in total. The molecule has 12 heavy (non-hydrogen) atoms. The van der Waals surface area contributed by atoms with Gasteiger partial charge in [0.25, 0.3) is 0 Å². The molecule has 0 bridgehead atoms. The molecule has 66 valence electrons. The number of aromatic nitrogens is 2. The molecule has 1 fully saturated rings. The normalized spacial score (nSPS) is 20.5. The number of nitrogens with zero attached hydrogens (tertiary/aromatic N) is 1. The molecule has 0 atom stereocenters. The van der Waals surface area contributed by atoms with E-state index in [4.69, 9.17) is 5.73 Å². The Morgan fingerprint density at radius 3 is 2.83 bits per heavy atom. The van der Waals surface area contributed by atoms with Gasteiger partial charge in [-0.25, -0.2) is 4.98 Å². The zero-order valence-electron chi connectivity index (χ0n) is 7.43. The maximum absolute atomic E-state index is 5.47. The smallest absolute Gasteiger partial charge is 0.120 e. The molecular weight excluding hydrogens is 150 g/mol. The van der Waals surface area contributed by atoms with Crippen molar-refractivity contribution in [3.63, 3.8) is 0 Å². The van der Waals surface area contributed by atoms with Gasteiger partial charge in [-0.2, -0.15) is 0 Å². The molecule has 0 saturated heterocycles. The largest absolute Gasteiger partial charge is 0.344 e. The molecule has 1 aromatic rings. The molecule has 3 nitrogen and oxygen atoms in total. The minimum absolute atomic E-state index is 0.362. The third kappa shape index (κ3) is 1.05. The summed E-state index contributed by atoms with van der Waals surface area (Å²) in [6.45, 7) is 2.79. The van der Waals surface area contributed by atoms with Crippen LogP contribution in [0.5, 0.6) is 0 Å². The number of H-pyrrole nitrogens is 1. The Balaban J connectivity index is 2.22. The van der Waals surface area contributed by atoms with Gasteiger partial charge in [0.15, 0.2) is 0 Å². The van der Waals surface area contributed by atoms with Crippen LogP contribution in [0.4, 0.5) is 0 Å². The number of aromatic amines is 1. The van der Waals surface area contributed by atoms with Crippen LogP contribution < -0.4 is 5.73 Å². The van der Waals surface area contributed by atoms with Crippen LogP contribution >= 0.6 is 0 Å². The summed E-state index contributed by atoms with van der Waals surface area (Å²) in [6, 6.07) is 0. The van der Waals surface area contributed by atoms with Crippen molar-refractivity contribution < 1.29 is 0 Å². The molecule has 1 saturated carbocycles. The Kier molecular flexibility index (Phi) is 1.68. The van der Waals surface area contributed by atoms with E-state index < -0.39 is 0 Å². The van der Waals surface area contributed by atoms with Gasteiger partial charge >= 0.3 is 0 Å². The summed E-state index contributed by atoms with van der Waals surface area (Å²) in [6.07, 6.45) is 5.83. The lowest BCUT2D eigenvalue weighted by atomic mass is 9.68. The monoisotopic (exact) mass is 165 g/mol. The van der Waals surface area contributed by atoms with Gasteiger partial charge in [-0.3, -0.25) is 0 Å². The number of nitrogens with two attached hydrogens (primary N) is 1. The summed E-state index contributed by atoms with van der Waals surface area (Å²) < 4.78 is 0. The quantitative estimate of drug-likeness (QED) is 0.694. The highest BCUT2D eigenvalue weighted by atomic mass is 14.9. The molecular formula is C9H15N3. The van der Waals surface area contributed by atoms with Gasteiger partial charge in [0.05, 0.1) is 6.54 Å². The lowest BCUT2D eigenvalue weighted by Gasteiger charge is -2.37. The molecule has 1 heterocycles. The Bertz CT molecular complexity index is 273. The molecule has 0 aliphatic heterocycles. The Labute approximate surface area is 72.4 Å². The standard InChI is InChI=1S/C9H15N3/c1-9(3-2-4-9)7-6-11-8(5-10)12-7/h6H,2-5,10H2,1H3,(H,11,12). The third-order valence-corrected chi connectivity index (χ3v) is 2.93. The minimum Gasteiger partial charge on any atom is -0.344 e. The van der Waals surface area contributed by atoms with Crippen molar-refractivity contribution in [2.75, 3.05) is 0 Å². The molecule has 0 spiro atoms. The summed E-state index contributed by atoms with van der Waals surface area (Å²) in [5.41, 5.74) is 7.09. The lowest BCUT2D eigenvalue weighted by Crippen LogP contribution is -2.30. The Morgan fingerprint density at radius 2 is 2.42 bits per heavy atom. The van der Waals surface area contributed by atoms with Gasteiger partial charge in [0.2, 0.25) is 0 Å². The van der Waals surface area contributed by atoms with Gasteiger partial charge < -0.3 is 10.7 Å². The zero-order valence-corrected chi connectivity index (χ0v) is 7.43. The van der Waals surface area contributed by atoms with Crippen molar-refractivity contribution in [3.8, 4) is 0 Å². The molecule has 3 heteroatoms. The molecule has 0 radical (unpaired) electrons. The van der Waals surface area contributed by atoms with Crippen LogP contribution in [0.1, 0.15) is 37.7 Å². The summed E-state index contributed by atoms with van der Waals surface area (Å²) in [7, 11) is 0. The van der Waals surface area contributed by atoms with E-state index in [1.807, 2.05) is 6.20 Å². The van der Waals surface area contributed by atoms with E-state index in [9.17, 15) is 0 Å². The number of rotatable bonds is 2. The first-order valence-electron chi connectivity index (χ1n) is 4.49. The summed E-state index contributed by atoms with van der Waals surface area (Å²) in [5, 5.41) is 0. The highest BCUT2D eigenvalue weighted by Gasteiger charge is 2.34. The second kappa shape index (κ2) is 2.59. The molecule has 1 aliphatic carbocycles. The molecule has 0 amide bonds. The number of hydrogen-bond acceptors (Lipinski definition) is 2. The molecule has 2 rings (SSSR count). The van der Waals surface area contributed by atoms with Gasteiger partial charge in [-0.1, -0.05) is 13.3 Å². The Morgan fingerprint density at radius 1 is 1.67 bits per heavy atom. The van der Waals surface area contributed by atoms with Crippen molar-refractivity contribution in [2.45, 2.75) is 38.1 Å². The van der Waals surface area contributed by atoms with E-state index in [1.54, 1.807) is 0 Å². The lowest BCUT2D eigenvalue weighted by molar-refractivity contribution is 0.265. The molecule has 0 unspecified atom stereocenters. The van der Waals surface area contributed by atoms with Gasteiger partial charge in [-0.15, -0.1) is 0 Å². The van der Waals surface area contributed by atoms with Gasteiger partial charge in [0, 0.05) is 17.3 Å². The molecule has 1 aliphatic rings. The van der Waals surface area contributed by atoms with E-state index in [0.717, 1.165) is 5.82 Å². The first kappa shape index (κ1) is 7.80. The van der Waals surface area contributed by atoms with Crippen LogP contribution in [0.25, 0.3) is 0 Å². The summed E-state index contributed by atoms with van der Waals surface area (Å²) in [4.78, 5) is 7.47. The zero-order chi connectivity index (χ0) is 8.60. The van der Waals surface area contributed by atoms with Crippen molar-refractivity contribution in [1.29, 1.82) is 0 Å². The minimum atomic E-state index is 0.362. The number of imidazole rings is 1. The van der Waals surface area contributed by atoms with Crippen molar-refractivity contribution in [3.05, 3.63) is 17.7 Å². The van der Waals surface area contributed by atoms with Crippen LogP contribution in [0, 0.1) is 0 Å². The summed E-state index contributed by atoms with van der Waals surface area (Å²) >= 11 is 0. The SMILES string of the molecule is CC1(c2cnc(CN)[nH]2)CCC1. The predicted octanol–water partition coefficient (Wildman–Crippen LogP) is 1.31. The fraction of sp³-hybridized carbons (Fsp3) is 0.667. The van der Waals surface area contributed by atoms with Gasteiger partial charge in [-0.05, 0) is 12.8 Å². The summed E-state index contributed by atoms with van der Waals surface area (Å²) in [5.74, 6) is 0.901. The average molecular weight is 165 g/mol. The third-order valence-electron chi connectivity index (χ3n) is 2.93. The average Bonchev–Trinajstić information content (AvgIpc) is 2.48. The second-order valence-electron chi connectivity index (χ2n) is 3.86. The number of nitrogens with one attached hydrogen (secondary N) is 1. The van der Waals surface area contributed by atoms with Crippen molar-refractivity contribution in [2.24, 2.45) is 5.73 Å². The molecule has 0 aromatic carbocycles. The topological polar surface area (TPSA) is 54.7 Å². The highest BCUT2D eigenvalue weighted by Crippen LogP contribution is 2.42.